The Kier molecular flexibility index (Phi) is 5.38. The Morgan fingerprint density at radius 1 is 1.44 bits per heavy atom. The minimum Gasteiger partial charge on any atom is -0.337 e. The number of nitrogens with one attached hydrogen (secondary N) is 1. The van der Waals surface area contributed by atoms with E-state index in [0.717, 1.165) is 25.0 Å². The second kappa shape index (κ2) is 7.58. The van der Waals surface area contributed by atoms with Crippen molar-refractivity contribution < 1.29 is 22.5 Å². The summed E-state index contributed by atoms with van der Waals surface area (Å²) in [5.41, 5.74) is -0.560. The molecule has 2 aromatic rings. The van der Waals surface area contributed by atoms with E-state index in [0.29, 0.717) is 13.0 Å². The minimum atomic E-state index is -4.45. The third kappa shape index (κ3) is 4.23. The van der Waals surface area contributed by atoms with Crippen molar-refractivity contribution in [3.8, 4) is 11.4 Å². The molecule has 1 saturated heterocycles. The molecule has 1 aliphatic heterocycles. The van der Waals surface area contributed by atoms with Gasteiger partial charge in [0.05, 0.1) is 5.56 Å². The van der Waals surface area contributed by atoms with E-state index in [1.807, 2.05) is 13.8 Å². The summed E-state index contributed by atoms with van der Waals surface area (Å²) in [7, 11) is 0. The van der Waals surface area contributed by atoms with Crippen molar-refractivity contribution in [2.45, 2.75) is 51.4 Å². The van der Waals surface area contributed by atoms with Crippen LogP contribution in [0.15, 0.2) is 28.8 Å². The zero-order chi connectivity index (χ0) is 19.6. The molecule has 2 amide bonds. The third-order valence-electron chi connectivity index (χ3n) is 4.67. The molecule has 1 aliphatic rings. The molecule has 9 heteroatoms. The number of amides is 2. The molecule has 0 aliphatic carbocycles. The van der Waals surface area contributed by atoms with E-state index in [4.69, 9.17) is 4.52 Å². The fraction of sp³-hybridized carbons (Fsp3) is 0.500. The number of nitrogens with zero attached hydrogens (tertiary/aromatic N) is 3. The predicted octanol–water partition coefficient (Wildman–Crippen LogP) is 4.40. The average molecular weight is 382 g/mol. The largest absolute Gasteiger partial charge is 0.416 e. The molecular formula is C18H21F3N4O2. The van der Waals surface area contributed by atoms with Crippen LogP contribution >= 0.6 is 0 Å². The zero-order valence-electron chi connectivity index (χ0n) is 15.1. The number of benzene rings is 1. The lowest BCUT2D eigenvalue weighted by atomic mass is 10.1. The third-order valence-corrected chi connectivity index (χ3v) is 4.67. The Labute approximate surface area is 154 Å². The van der Waals surface area contributed by atoms with Crippen LogP contribution in [0, 0.1) is 0 Å². The van der Waals surface area contributed by atoms with Gasteiger partial charge in [0, 0.05) is 18.2 Å². The molecule has 27 heavy (non-hydrogen) atoms. The summed E-state index contributed by atoms with van der Waals surface area (Å²) in [5.74, 6) is 0.310. The molecular weight excluding hydrogens is 361 g/mol. The van der Waals surface area contributed by atoms with E-state index in [-0.39, 0.29) is 35.4 Å². The molecule has 0 spiro atoms. The van der Waals surface area contributed by atoms with Crippen molar-refractivity contribution in [2.75, 3.05) is 6.54 Å². The minimum absolute atomic E-state index is 0.0436. The van der Waals surface area contributed by atoms with Gasteiger partial charge in [0.15, 0.2) is 0 Å². The van der Waals surface area contributed by atoms with Crippen molar-refractivity contribution in [3.05, 3.63) is 35.7 Å². The van der Waals surface area contributed by atoms with Crippen LogP contribution in [-0.4, -0.2) is 33.7 Å². The molecule has 0 bridgehead atoms. The van der Waals surface area contributed by atoms with Crippen molar-refractivity contribution in [1.29, 1.82) is 0 Å². The van der Waals surface area contributed by atoms with Crippen LogP contribution in [0.25, 0.3) is 11.4 Å². The first kappa shape index (κ1) is 19.2. The Morgan fingerprint density at radius 2 is 2.22 bits per heavy atom. The maximum absolute atomic E-state index is 12.9. The highest BCUT2D eigenvalue weighted by molar-refractivity contribution is 5.75. The van der Waals surface area contributed by atoms with Gasteiger partial charge in [0.1, 0.15) is 6.04 Å². The lowest BCUT2D eigenvalue weighted by Crippen LogP contribution is -2.43. The summed E-state index contributed by atoms with van der Waals surface area (Å²) >= 11 is 0. The van der Waals surface area contributed by atoms with Gasteiger partial charge in [-0.05, 0) is 38.3 Å². The summed E-state index contributed by atoms with van der Waals surface area (Å²) in [4.78, 5) is 18.3. The zero-order valence-corrected chi connectivity index (χ0v) is 15.1. The highest BCUT2D eigenvalue weighted by Gasteiger charge is 2.35. The van der Waals surface area contributed by atoms with E-state index in [9.17, 15) is 18.0 Å². The molecule has 6 nitrogen and oxygen atoms in total. The summed E-state index contributed by atoms with van der Waals surface area (Å²) in [6.45, 7) is 4.46. The Morgan fingerprint density at radius 3 is 2.93 bits per heavy atom. The Hall–Kier alpha value is -2.58. The number of carbonyl (C=O) groups excluding carboxylic acids is 1. The number of rotatable bonds is 4. The number of likely N-dealkylation sites (tertiary alicyclic amines) is 1. The number of alkyl halides is 3. The summed E-state index contributed by atoms with van der Waals surface area (Å²) in [6.07, 6.45) is -2.18. The van der Waals surface area contributed by atoms with E-state index < -0.39 is 11.7 Å². The maximum atomic E-state index is 12.9. The number of halogens is 3. The number of urea groups is 1. The number of aromatic nitrogens is 2. The number of hydrogen-bond acceptors (Lipinski definition) is 4. The normalized spacial score (nSPS) is 18.6. The first-order chi connectivity index (χ1) is 12.8. The van der Waals surface area contributed by atoms with Crippen molar-refractivity contribution in [3.63, 3.8) is 0 Å². The molecule has 0 radical (unpaired) electrons. The standard InChI is InChI=1S/C18H21F3N4O2/c1-3-11(2)22-17(26)25-9-5-8-14(25)16-23-15(24-27-16)12-6-4-7-13(10-12)18(19,20)21/h4,6-7,10-11,14H,3,5,8-9H2,1-2H3,(H,22,26). The molecule has 2 atom stereocenters. The van der Waals surface area contributed by atoms with Gasteiger partial charge in [0.2, 0.25) is 11.7 Å². The molecule has 146 valence electrons. The van der Waals surface area contributed by atoms with E-state index in [1.54, 1.807) is 4.90 Å². The van der Waals surface area contributed by atoms with Gasteiger partial charge in [-0.25, -0.2) is 4.79 Å². The van der Waals surface area contributed by atoms with E-state index >= 15 is 0 Å². The fourth-order valence-electron chi connectivity index (χ4n) is 2.98. The predicted molar refractivity (Wildman–Crippen MR) is 91.7 cm³/mol. The van der Waals surface area contributed by atoms with Gasteiger partial charge in [-0.15, -0.1) is 0 Å². The molecule has 2 unspecified atom stereocenters. The van der Waals surface area contributed by atoms with Gasteiger partial charge in [-0.3, -0.25) is 0 Å². The second-order valence-electron chi connectivity index (χ2n) is 6.64. The summed E-state index contributed by atoms with van der Waals surface area (Å²) in [6, 6.07) is 4.23. The summed E-state index contributed by atoms with van der Waals surface area (Å²) in [5, 5.41) is 6.72. The first-order valence-electron chi connectivity index (χ1n) is 8.88. The van der Waals surface area contributed by atoms with Crippen LogP contribution in [-0.2, 0) is 6.18 Å². The Bertz CT molecular complexity index is 806. The van der Waals surface area contributed by atoms with E-state index in [1.165, 1.54) is 12.1 Å². The average Bonchev–Trinajstić information content (AvgIpc) is 3.30. The van der Waals surface area contributed by atoms with Crippen LogP contribution in [0.1, 0.15) is 50.6 Å². The lowest BCUT2D eigenvalue weighted by molar-refractivity contribution is -0.137. The monoisotopic (exact) mass is 382 g/mol. The second-order valence-corrected chi connectivity index (χ2v) is 6.64. The first-order valence-corrected chi connectivity index (χ1v) is 8.88. The molecule has 1 fully saturated rings. The molecule has 1 aromatic carbocycles. The topological polar surface area (TPSA) is 71.3 Å². The highest BCUT2D eigenvalue weighted by atomic mass is 19.4. The van der Waals surface area contributed by atoms with Crippen LogP contribution in [0.4, 0.5) is 18.0 Å². The molecule has 1 N–H and O–H groups in total. The molecule has 2 heterocycles. The van der Waals surface area contributed by atoms with Gasteiger partial charge in [-0.2, -0.15) is 18.2 Å². The smallest absolute Gasteiger partial charge is 0.337 e. The lowest BCUT2D eigenvalue weighted by Gasteiger charge is -2.24. The molecule has 3 rings (SSSR count). The number of carbonyl (C=O) groups is 1. The van der Waals surface area contributed by atoms with E-state index in [2.05, 4.69) is 15.5 Å². The van der Waals surface area contributed by atoms with Crippen LogP contribution < -0.4 is 5.32 Å². The molecule has 1 aromatic heterocycles. The van der Waals surface area contributed by atoms with Crippen LogP contribution in [0.2, 0.25) is 0 Å². The SMILES string of the molecule is CCC(C)NC(=O)N1CCCC1c1nc(-c2cccc(C(F)(F)F)c2)no1. The van der Waals surface area contributed by atoms with Gasteiger partial charge in [0.25, 0.3) is 0 Å². The maximum Gasteiger partial charge on any atom is 0.416 e. The van der Waals surface area contributed by atoms with Crippen molar-refractivity contribution in [1.82, 2.24) is 20.4 Å². The summed E-state index contributed by atoms with van der Waals surface area (Å²) < 4.78 is 44.0. The Balaban J connectivity index is 1.80. The van der Waals surface area contributed by atoms with Crippen molar-refractivity contribution >= 4 is 6.03 Å². The van der Waals surface area contributed by atoms with Crippen LogP contribution in [0.5, 0.6) is 0 Å². The number of hydrogen-bond donors (Lipinski definition) is 1. The van der Waals surface area contributed by atoms with Crippen molar-refractivity contribution in [2.24, 2.45) is 0 Å². The van der Waals surface area contributed by atoms with Gasteiger partial charge >= 0.3 is 12.2 Å². The van der Waals surface area contributed by atoms with Gasteiger partial charge in [-0.1, -0.05) is 24.2 Å². The van der Waals surface area contributed by atoms with Gasteiger partial charge < -0.3 is 14.7 Å². The molecule has 0 saturated carbocycles. The fourth-order valence-corrected chi connectivity index (χ4v) is 2.98. The quantitative estimate of drug-likeness (QED) is 0.851. The van der Waals surface area contributed by atoms with Crippen LogP contribution in [0.3, 0.4) is 0 Å². The highest BCUT2D eigenvalue weighted by Crippen LogP contribution is 2.34.